The van der Waals surface area contributed by atoms with E-state index in [2.05, 4.69) is 13.8 Å². The zero-order valence-corrected chi connectivity index (χ0v) is 7.97. The van der Waals surface area contributed by atoms with E-state index in [1.165, 1.54) is 32.1 Å². The molecule has 0 aromatic carbocycles. The molecule has 0 radical (unpaired) electrons. The molecule has 0 heterocycles. The van der Waals surface area contributed by atoms with Crippen LogP contribution < -0.4 is 0 Å². The normalized spacial score (nSPS) is 12.2. The minimum absolute atomic E-state index is 0. The van der Waals surface area contributed by atoms with Crippen LogP contribution in [0.15, 0.2) is 0 Å². The van der Waals surface area contributed by atoms with E-state index < -0.39 is 0 Å². The first-order valence-corrected chi connectivity index (χ1v) is 4.92. The van der Waals surface area contributed by atoms with E-state index in [0.29, 0.717) is 6.61 Å². The molecule has 1 nitrogen and oxygen atoms in total. The van der Waals surface area contributed by atoms with Crippen LogP contribution in [0, 0.1) is 5.92 Å². The summed E-state index contributed by atoms with van der Waals surface area (Å²) < 4.78 is 0. The Hall–Kier alpha value is -0.0400. The molecule has 0 aliphatic heterocycles. The average Bonchev–Trinajstić information content (AvgIpc) is 2.01. The van der Waals surface area contributed by atoms with E-state index in [-0.39, 0.29) is 7.43 Å². The van der Waals surface area contributed by atoms with E-state index in [9.17, 15) is 0 Å². The largest absolute Gasteiger partial charge is 0.396 e. The molecule has 0 aliphatic rings. The summed E-state index contributed by atoms with van der Waals surface area (Å²) in [6, 6.07) is 0. The predicted octanol–water partition coefficient (Wildman–Crippen LogP) is 3.61. The fourth-order valence-corrected chi connectivity index (χ4v) is 1.30. The van der Waals surface area contributed by atoms with Crippen molar-refractivity contribution < 1.29 is 5.11 Å². The van der Waals surface area contributed by atoms with Crippen LogP contribution >= 0.6 is 0 Å². The molecule has 0 bridgehead atoms. The van der Waals surface area contributed by atoms with Crippen molar-refractivity contribution in [1.29, 1.82) is 0 Å². The summed E-state index contributed by atoms with van der Waals surface area (Å²) in [6.07, 6.45) is 7.50. The summed E-state index contributed by atoms with van der Waals surface area (Å²) in [4.78, 5) is 0. The number of unbranched alkanes of at least 4 members (excludes halogenated alkanes) is 2. The van der Waals surface area contributed by atoms with Gasteiger partial charge in [0.15, 0.2) is 0 Å². The zero-order valence-electron chi connectivity index (χ0n) is 7.97. The predicted molar refractivity (Wildman–Crippen MR) is 56.4 cm³/mol. The topological polar surface area (TPSA) is 20.2 Å². The smallest absolute Gasteiger partial charge is 0.0431 e. The molecule has 1 heteroatoms. The van der Waals surface area contributed by atoms with Crippen LogP contribution in [-0.4, -0.2) is 11.7 Å². The molecule has 0 aromatic rings. The maximum absolute atomic E-state index is 8.56. The van der Waals surface area contributed by atoms with Crippen molar-refractivity contribution in [3.05, 3.63) is 0 Å². The lowest BCUT2D eigenvalue weighted by Gasteiger charge is -2.08. The zero-order chi connectivity index (χ0) is 8.53. The second-order valence-electron chi connectivity index (χ2n) is 3.47. The summed E-state index contributed by atoms with van der Waals surface area (Å²) in [5.41, 5.74) is 0. The highest BCUT2D eigenvalue weighted by Crippen LogP contribution is 2.14. The summed E-state index contributed by atoms with van der Waals surface area (Å²) in [6.45, 7) is 4.91. The molecule has 0 saturated heterocycles. The van der Waals surface area contributed by atoms with Gasteiger partial charge < -0.3 is 5.11 Å². The van der Waals surface area contributed by atoms with Gasteiger partial charge in [0.1, 0.15) is 0 Å². The van der Waals surface area contributed by atoms with E-state index >= 15 is 0 Å². The highest BCUT2D eigenvalue weighted by Gasteiger charge is 1.99. The van der Waals surface area contributed by atoms with Crippen molar-refractivity contribution >= 4 is 0 Å². The Morgan fingerprint density at radius 3 is 2.17 bits per heavy atom. The van der Waals surface area contributed by atoms with Gasteiger partial charge in [-0.25, -0.2) is 0 Å². The molecule has 1 N–H and O–H groups in total. The fourth-order valence-electron chi connectivity index (χ4n) is 1.30. The second kappa shape index (κ2) is 11.0. The van der Waals surface area contributed by atoms with Crippen LogP contribution in [0.3, 0.4) is 0 Å². The molecule has 1 atom stereocenters. The van der Waals surface area contributed by atoms with Crippen molar-refractivity contribution in [3.8, 4) is 0 Å². The lowest BCUT2D eigenvalue weighted by Crippen LogP contribution is -1.95. The average molecular weight is 174 g/mol. The first-order chi connectivity index (χ1) is 5.31. The van der Waals surface area contributed by atoms with Crippen LogP contribution in [0.1, 0.15) is 59.8 Å². The number of hydrogen-bond donors (Lipinski definition) is 1. The highest BCUT2D eigenvalue weighted by atomic mass is 16.2. The number of aliphatic hydroxyl groups excluding tert-OH is 1. The molecular formula is C11H26O. The molecule has 0 spiro atoms. The maximum Gasteiger partial charge on any atom is 0.0431 e. The van der Waals surface area contributed by atoms with Crippen LogP contribution in [0.5, 0.6) is 0 Å². The molecule has 1 unspecified atom stereocenters. The number of rotatable bonds is 7. The first-order valence-electron chi connectivity index (χ1n) is 4.92. The van der Waals surface area contributed by atoms with Crippen molar-refractivity contribution in [1.82, 2.24) is 0 Å². The quantitative estimate of drug-likeness (QED) is 0.585. The summed E-state index contributed by atoms with van der Waals surface area (Å²) >= 11 is 0. The highest BCUT2D eigenvalue weighted by molar-refractivity contribution is 4.53. The van der Waals surface area contributed by atoms with Gasteiger partial charge in [0, 0.05) is 6.61 Å². The fraction of sp³-hybridized carbons (Fsp3) is 1.00. The Labute approximate surface area is 78.2 Å². The number of hydrogen-bond acceptors (Lipinski definition) is 1. The molecule has 0 amide bonds. The molecule has 76 valence electrons. The lowest BCUT2D eigenvalue weighted by molar-refractivity contribution is 0.277. The van der Waals surface area contributed by atoms with E-state index in [1.54, 1.807) is 0 Å². The minimum atomic E-state index is 0. The lowest BCUT2D eigenvalue weighted by atomic mass is 9.98. The molecule has 0 aromatic heterocycles. The van der Waals surface area contributed by atoms with Crippen molar-refractivity contribution in [2.45, 2.75) is 59.8 Å². The molecular weight excluding hydrogens is 148 g/mol. The third-order valence-corrected chi connectivity index (χ3v) is 2.16. The van der Waals surface area contributed by atoms with Gasteiger partial charge in [0.05, 0.1) is 0 Å². The van der Waals surface area contributed by atoms with Crippen molar-refractivity contribution in [2.24, 2.45) is 5.92 Å². The third-order valence-electron chi connectivity index (χ3n) is 2.16. The molecule has 0 saturated carbocycles. The van der Waals surface area contributed by atoms with Gasteiger partial charge in [-0.15, -0.1) is 0 Å². The third kappa shape index (κ3) is 9.96. The number of aliphatic hydroxyl groups is 1. The minimum Gasteiger partial charge on any atom is -0.396 e. The van der Waals surface area contributed by atoms with E-state index in [0.717, 1.165) is 12.3 Å². The monoisotopic (exact) mass is 174 g/mol. The van der Waals surface area contributed by atoms with Gasteiger partial charge in [0.25, 0.3) is 0 Å². The van der Waals surface area contributed by atoms with Gasteiger partial charge in [0.2, 0.25) is 0 Å². The second-order valence-corrected chi connectivity index (χ2v) is 3.47. The Kier molecular flexibility index (Phi) is 13.2. The van der Waals surface area contributed by atoms with Gasteiger partial charge in [-0.3, -0.25) is 0 Å². The summed E-state index contributed by atoms with van der Waals surface area (Å²) in [7, 11) is 0. The van der Waals surface area contributed by atoms with Gasteiger partial charge in [-0.1, -0.05) is 53.4 Å². The van der Waals surface area contributed by atoms with Crippen molar-refractivity contribution in [2.75, 3.05) is 6.61 Å². The van der Waals surface area contributed by atoms with E-state index in [4.69, 9.17) is 5.11 Å². The molecule has 0 rings (SSSR count). The maximum atomic E-state index is 8.56. The summed E-state index contributed by atoms with van der Waals surface area (Å²) in [5.74, 6) is 0.862. The Bertz CT molecular complexity index is 71.4. The van der Waals surface area contributed by atoms with Crippen LogP contribution in [0.4, 0.5) is 0 Å². The van der Waals surface area contributed by atoms with Gasteiger partial charge >= 0.3 is 0 Å². The van der Waals surface area contributed by atoms with E-state index in [1.807, 2.05) is 0 Å². The van der Waals surface area contributed by atoms with Gasteiger partial charge in [-0.05, 0) is 12.3 Å². The first kappa shape index (κ1) is 14.5. The summed E-state index contributed by atoms with van der Waals surface area (Å²) in [5, 5.41) is 8.56. The molecule has 0 fully saturated rings. The Morgan fingerprint density at radius 2 is 1.67 bits per heavy atom. The standard InChI is InChI=1S/C10H22O.CH4/c1-3-4-7-10(2)8-5-6-9-11;/h10-11H,3-9H2,1-2H3;1H4. The van der Waals surface area contributed by atoms with Crippen molar-refractivity contribution in [3.63, 3.8) is 0 Å². The SMILES string of the molecule is C.CCCCC(C)CCCCO. The van der Waals surface area contributed by atoms with Crippen LogP contribution in [-0.2, 0) is 0 Å². The van der Waals surface area contributed by atoms with Crippen LogP contribution in [0.25, 0.3) is 0 Å². The molecule has 12 heavy (non-hydrogen) atoms. The Balaban J connectivity index is 0. The molecule has 0 aliphatic carbocycles. The van der Waals surface area contributed by atoms with Gasteiger partial charge in [-0.2, -0.15) is 0 Å². The Morgan fingerprint density at radius 1 is 1.08 bits per heavy atom. The van der Waals surface area contributed by atoms with Crippen LogP contribution in [0.2, 0.25) is 0 Å².